The van der Waals surface area contributed by atoms with E-state index < -0.39 is 11.8 Å². The summed E-state index contributed by atoms with van der Waals surface area (Å²) in [4.78, 5) is 27.4. The van der Waals surface area contributed by atoms with Crippen molar-refractivity contribution in [2.45, 2.75) is 44.6 Å². The lowest BCUT2D eigenvalue weighted by atomic mass is 9.94. The molecule has 5 nitrogen and oxygen atoms in total. The average Bonchev–Trinajstić information content (AvgIpc) is 2.42. The van der Waals surface area contributed by atoms with Gasteiger partial charge in [-0.25, -0.2) is 0 Å². The predicted octanol–water partition coefficient (Wildman–Crippen LogP) is 0.845. The monoisotopic (exact) mass is 269 g/mol. The van der Waals surface area contributed by atoms with Gasteiger partial charge in [0.15, 0.2) is 0 Å². The molecule has 0 unspecified atom stereocenters. The van der Waals surface area contributed by atoms with Gasteiger partial charge in [0, 0.05) is 19.6 Å². The van der Waals surface area contributed by atoms with Gasteiger partial charge in [-0.1, -0.05) is 19.3 Å². The van der Waals surface area contributed by atoms with E-state index in [4.69, 9.17) is 0 Å². The smallest absolute Gasteiger partial charge is 0.311 e. The van der Waals surface area contributed by atoms with Gasteiger partial charge in [-0.05, 0) is 39.9 Å². The summed E-state index contributed by atoms with van der Waals surface area (Å²) in [5.41, 5.74) is 0. The van der Waals surface area contributed by atoms with Crippen molar-refractivity contribution >= 4 is 11.8 Å². The molecule has 0 aromatic rings. The second-order valence-corrected chi connectivity index (χ2v) is 5.62. The fourth-order valence-electron chi connectivity index (χ4n) is 2.47. The van der Waals surface area contributed by atoms with Gasteiger partial charge in [0.2, 0.25) is 0 Å². The van der Waals surface area contributed by atoms with E-state index in [1.807, 2.05) is 14.1 Å². The standard InChI is InChI=1S/C14H27N3O2/c1-16(2)11-7-10-15-13(18)14(19)17(3)12-8-5-4-6-9-12/h12H,4-11H2,1-3H3,(H,15,18). The molecule has 2 amide bonds. The third-order valence-electron chi connectivity index (χ3n) is 3.70. The Morgan fingerprint density at radius 1 is 1.11 bits per heavy atom. The first kappa shape index (κ1) is 16.0. The Bertz CT molecular complexity index is 299. The van der Waals surface area contributed by atoms with Gasteiger partial charge in [-0.2, -0.15) is 0 Å². The van der Waals surface area contributed by atoms with Crippen LogP contribution in [0.25, 0.3) is 0 Å². The second-order valence-electron chi connectivity index (χ2n) is 5.62. The first-order chi connectivity index (χ1) is 9.02. The predicted molar refractivity (Wildman–Crippen MR) is 75.8 cm³/mol. The summed E-state index contributed by atoms with van der Waals surface area (Å²) in [6, 6.07) is 0.244. The summed E-state index contributed by atoms with van der Waals surface area (Å²) in [5, 5.41) is 2.70. The Morgan fingerprint density at radius 2 is 1.74 bits per heavy atom. The Balaban J connectivity index is 2.28. The molecule has 0 aromatic carbocycles. The van der Waals surface area contributed by atoms with E-state index in [2.05, 4.69) is 10.2 Å². The molecular formula is C14H27N3O2. The Labute approximate surface area is 116 Å². The molecule has 1 rings (SSSR count). The largest absolute Gasteiger partial charge is 0.348 e. The molecule has 1 aliphatic carbocycles. The van der Waals surface area contributed by atoms with Crippen LogP contribution in [0.4, 0.5) is 0 Å². The van der Waals surface area contributed by atoms with Gasteiger partial charge in [-0.3, -0.25) is 9.59 Å². The number of nitrogens with zero attached hydrogens (tertiary/aromatic N) is 2. The number of rotatable bonds is 5. The van der Waals surface area contributed by atoms with Crippen LogP contribution in [0.5, 0.6) is 0 Å². The van der Waals surface area contributed by atoms with Crippen molar-refractivity contribution in [3.8, 4) is 0 Å². The molecule has 0 saturated heterocycles. The van der Waals surface area contributed by atoms with Crippen LogP contribution >= 0.6 is 0 Å². The number of likely N-dealkylation sites (N-methyl/N-ethyl adjacent to an activating group) is 1. The lowest BCUT2D eigenvalue weighted by Crippen LogP contribution is -2.46. The Hall–Kier alpha value is -1.10. The molecule has 19 heavy (non-hydrogen) atoms. The highest BCUT2D eigenvalue weighted by molar-refractivity contribution is 6.35. The van der Waals surface area contributed by atoms with Gasteiger partial charge >= 0.3 is 11.8 Å². The third kappa shape index (κ3) is 5.59. The zero-order valence-electron chi connectivity index (χ0n) is 12.4. The van der Waals surface area contributed by atoms with E-state index in [-0.39, 0.29) is 6.04 Å². The molecule has 1 saturated carbocycles. The Kier molecular flexibility index (Phi) is 6.84. The Morgan fingerprint density at radius 3 is 2.32 bits per heavy atom. The van der Waals surface area contributed by atoms with Crippen LogP contribution in [0.2, 0.25) is 0 Å². The third-order valence-corrected chi connectivity index (χ3v) is 3.70. The van der Waals surface area contributed by atoms with Crippen molar-refractivity contribution < 1.29 is 9.59 Å². The maximum Gasteiger partial charge on any atom is 0.311 e. The van der Waals surface area contributed by atoms with Crippen molar-refractivity contribution in [2.24, 2.45) is 0 Å². The molecule has 1 N–H and O–H groups in total. The molecule has 0 spiro atoms. The molecule has 0 aromatic heterocycles. The van der Waals surface area contributed by atoms with Crippen molar-refractivity contribution in [2.75, 3.05) is 34.2 Å². The zero-order chi connectivity index (χ0) is 14.3. The van der Waals surface area contributed by atoms with E-state index >= 15 is 0 Å². The maximum atomic E-state index is 12.0. The fraction of sp³-hybridized carbons (Fsp3) is 0.857. The normalized spacial score (nSPS) is 16.4. The number of nitrogens with one attached hydrogen (secondary N) is 1. The lowest BCUT2D eigenvalue weighted by molar-refractivity contribution is -0.146. The summed E-state index contributed by atoms with van der Waals surface area (Å²) in [5.74, 6) is -0.858. The molecule has 110 valence electrons. The molecule has 1 fully saturated rings. The van der Waals surface area contributed by atoms with Gasteiger partial charge in [0.1, 0.15) is 0 Å². The SMILES string of the molecule is CN(C)CCCNC(=O)C(=O)N(C)C1CCCCC1. The van der Waals surface area contributed by atoms with Crippen molar-refractivity contribution in [1.29, 1.82) is 0 Å². The van der Waals surface area contributed by atoms with Gasteiger partial charge < -0.3 is 15.1 Å². The first-order valence-corrected chi connectivity index (χ1v) is 7.22. The minimum absolute atomic E-state index is 0.244. The van der Waals surface area contributed by atoms with Crippen LogP contribution in [0.15, 0.2) is 0 Å². The highest BCUT2D eigenvalue weighted by atomic mass is 16.2. The van der Waals surface area contributed by atoms with Crippen molar-refractivity contribution in [3.05, 3.63) is 0 Å². The van der Waals surface area contributed by atoms with Crippen LogP contribution in [0.1, 0.15) is 38.5 Å². The summed E-state index contributed by atoms with van der Waals surface area (Å²) in [7, 11) is 5.73. The first-order valence-electron chi connectivity index (χ1n) is 7.22. The van der Waals surface area contributed by atoms with Gasteiger partial charge in [0.25, 0.3) is 0 Å². The average molecular weight is 269 g/mol. The van der Waals surface area contributed by atoms with E-state index in [0.717, 1.165) is 38.6 Å². The topological polar surface area (TPSA) is 52.7 Å². The maximum absolute atomic E-state index is 12.0. The van der Waals surface area contributed by atoms with Gasteiger partial charge in [-0.15, -0.1) is 0 Å². The van der Waals surface area contributed by atoms with Crippen molar-refractivity contribution in [1.82, 2.24) is 15.1 Å². The van der Waals surface area contributed by atoms with Crippen LogP contribution in [0.3, 0.4) is 0 Å². The molecule has 0 heterocycles. The number of carbonyl (C=O) groups is 2. The number of hydrogen-bond donors (Lipinski definition) is 1. The van der Waals surface area contributed by atoms with E-state index in [1.54, 1.807) is 11.9 Å². The fourth-order valence-corrected chi connectivity index (χ4v) is 2.47. The van der Waals surface area contributed by atoms with Crippen LogP contribution < -0.4 is 5.32 Å². The minimum atomic E-state index is -0.466. The summed E-state index contributed by atoms with van der Waals surface area (Å²) < 4.78 is 0. The molecule has 0 atom stereocenters. The minimum Gasteiger partial charge on any atom is -0.348 e. The number of carbonyl (C=O) groups excluding carboxylic acids is 2. The summed E-state index contributed by atoms with van der Waals surface area (Å²) in [6.45, 7) is 1.47. The van der Waals surface area contributed by atoms with Crippen LogP contribution in [-0.4, -0.2) is 61.9 Å². The quantitative estimate of drug-likeness (QED) is 0.594. The van der Waals surface area contributed by atoms with Crippen molar-refractivity contribution in [3.63, 3.8) is 0 Å². The summed E-state index contributed by atoms with van der Waals surface area (Å²) in [6.07, 6.45) is 6.47. The van der Waals surface area contributed by atoms with E-state index in [1.165, 1.54) is 6.42 Å². The molecular weight excluding hydrogens is 242 g/mol. The molecule has 1 aliphatic rings. The van der Waals surface area contributed by atoms with E-state index in [9.17, 15) is 9.59 Å². The second kappa shape index (κ2) is 8.15. The molecule has 5 heteroatoms. The number of hydrogen-bond acceptors (Lipinski definition) is 3. The highest BCUT2D eigenvalue weighted by Crippen LogP contribution is 2.21. The molecule has 0 radical (unpaired) electrons. The summed E-state index contributed by atoms with van der Waals surface area (Å²) >= 11 is 0. The molecule has 0 bridgehead atoms. The van der Waals surface area contributed by atoms with E-state index in [0.29, 0.717) is 6.54 Å². The van der Waals surface area contributed by atoms with Crippen LogP contribution in [0, 0.1) is 0 Å². The number of amides is 2. The highest BCUT2D eigenvalue weighted by Gasteiger charge is 2.26. The molecule has 0 aliphatic heterocycles. The van der Waals surface area contributed by atoms with Gasteiger partial charge in [0.05, 0.1) is 0 Å². The lowest BCUT2D eigenvalue weighted by Gasteiger charge is -2.30. The van der Waals surface area contributed by atoms with Crippen LogP contribution in [-0.2, 0) is 9.59 Å². The zero-order valence-corrected chi connectivity index (χ0v) is 12.4.